The third-order valence-corrected chi connectivity index (χ3v) is 5.08. The van der Waals surface area contributed by atoms with E-state index in [0.717, 1.165) is 40.9 Å². The van der Waals surface area contributed by atoms with Crippen LogP contribution < -0.4 is 5.32 Å². The Labute approximate surface area is 128 Å². The highest BCUT2D eigenvalue weighted by Gasteiger charge is 2.24. The third kappa shape index (κ3) is 3.60. The van der Waals surface area contributed by atoms with Crippen molar-refractivity contribution in [2.45, 2.75) is 50.7 Å². The first-order valence-electron chi connectivity index (χ1n) is 7.54. The fraction of sp³-hybridized carbons (Fsp3) is 0.500. The Morgan fingerprint density at radius 1 is 1.33 bits per heavy atom. The number of hydrogen-bond acceptors (Lipinski definition) is 4. The van der Waals surface area contributed by atoms with E-state index in [-0.39, 0.29) is 18.1 Å². The van der Waals surface area contributed by atoms with Gasteiger partial charge in [0.15, 0.2) is 0 Å². The molecule has 4 nitrogen and oxygen atoms in total. The second kappa shape index (κ2) is 6.54. The van der Waals surface area contributed by atoms with Gasteiger partial charge in [0.05, 0.1) is 27.4 Å². The highest BCUT2D eigenvalue weighted by molar-refractivity contribution is 7.18. The van der Waals surface area contributed by atoms with Gasteiger partial charge in [-0.2, -0.15) is 0 Å². The fourth-order valence-corrected chi connectivity index (χ4v) is 3.77. The summed E-state index contributed by atoms with van der Waals surface area (Å²) in [4.78, 5) is 16.5. The highest BCUT2D eigenvalue weighted by atomic mass is 32.1. The molecule has 3 rings (SSSR count). The Morgan fingerprint density at radius 3 is 2.95 bits per heavy atom. The lowest BCUT2D eigenvalue weighted by Gasteiger charge is -2.28. The van der Waals surface area contributed by atoms with Crippen molar-refractivity contribution < 1.29 is 9.90 Å². The number of benzene rings is 1. The molecule has 1 aromatic carbocycles. The van der Waals surface area contributed by atoms with E-state index in [1.54, 1.807) is 11.3 Å². The van der Waals surface area contributed by atoms with Crippen LogP contribution in [0.1, 0.15) is 37.1 Å². The van der Waals surface area contributed by atoms with E-state index in [1.165, 1.54) is 0 Å². The van der Waals surface area contributed by atoms with Gasteiger partial charge in [0, 0.05) is 12.8 Å². The SMILES string of the molecule is O=C(CCc1nc2ccccc2s1)N[C@H]1CCCC[C@@H]1O. The lowest BCUT2D eigenvalue weighted by Crippen LogP contribution is -2.45. The molecular formula is C16H20N2O2S. The van der Waals surface area contributed by atoms with Crippen LogP contribution in [0.4, 0.5) is 0 Å². The normalized spacial score (nSPS) is 22.3. The zero-order valence-corrected chi connectivity index (χ0v) is 12.7. The van der Waals surface area contributed by atoms with Crippen molar-refractivity contribution in [1.82, 2.24) is 10.3 Å². The van der Waals surface area contributed by atoms with Gasteiger partial charge in [0.1, 0.15) is 0 Å². The van der Waals surface area contributed by atoms with Crippen molar-refractivity contribution in [3.05, 3.63) is 29.3 Å². The van der Waals surface area contributed by atoms with Crippen LogP contribution in [0.25, 0.3) is 10.2 Å². The first kappa shape index (κ1) is 14.5. The Balaban J connectivity index is 1.53. The summed E-state index contributed by atoms with van der Waals surface area (Å²) < 4.78 is 1.16. The van der Waals surface area contributed by atoms with Gasteiger partial charge in [0.25, 0.3) is 0 Å². The summed E-state index contributed by atoms with van der Waals surface area (Å²) >= 11 is 1.65. The number of aliphatic hydroxyl groups is 1. The average molecular weight is 304 g/mol. The molecule has 0 saturated heterocycles. The molecule has 1 fully saturated rings. The molecule has 1 aromatic heterocycles. The van der Waals surface area contributed by atoms with Crippen LogP contribution in [-0.2, 0) is 11.2 Å². The number of carbonyl (C=O) groups excluding carboxylic acids is 1. The Morgan fingerprint density at radius 2 is 2.14 bits per heavy atom. The molecular weight excluding hydrogens is 284 g/mol. The van der Waals surface area contributed by atoms with Crippen LogP contribution in [-0.4, -0.2) is 28.1 Å². The topological polar surface area (TPSA) is 62.2 Å². The predicted molar refractivity (Wildman–Crippen MR) is 84.3 cm³/mol. The lowest BCUT2D eigenvalue weighted by molar-refractivity contribution is -0.123. The first-order chi connectivity index (χ1) is 10.2. The minimum atomic E-state index is -0.384. The summed E-state index contributed by atoms with van der Waals surface area (Å²) in [6.45, 7) is 0. The number of aryl methyl sites for hydroxylation is 1. The van der Waals surface area contributed by atoms with Crippen LogP contribution >= 0.6 is 11.3 Å². The molecule has 0 spiro atoms. The largest absolute Gasteiger partial charge is 0.391 e. The number of carbonyl (C=O) groups is 1. The van der Waals surface area contributed by atoms with Gasteiger partial charge in [-0.3, -0.25) is 4.79 Å². The molecule has 1 heterocycles. The number of rotatable bonds is 4. The smallest absolute Gasteiger partial charge is 0.220 e. The Kier molecular flexibility index (Phi) is 4.51. The number of para-hydroxylation sites is 1. The lowest BCUT2D eigenvalue weighted by atomic mass is 9.92. The molecule has 112 valence electrons. The van der Waals surface area contributed by atoms with Crippen LogP contribution in [0.5, 0.6) is 0 Å². The van der Waals surface area contributed by atoms with Gasteiger partial charge in [-0.15, -0.1) is 11.3 Å². The number of amides is 1. The minimum Gasteiger partial charge on any atom is -0.391 e. The number of thiazole rings is 1. The molecule has 5 heteroatoms. The molecule has 2 aromatic rings. The molecule has 1 saturated carbocycles. The van der Waals surface area contributed by atoms with Gasteiger partial charge < -0.3 is 10.4 Å². The second-order valence-electron chi connectivity index (χ2n) is 5.60. The minimum absolute atomic E-state index is 0.0141. The molecule has 0 bridgehead atoms. The molecule has 1 amide bonds. The second-order valence-corrected chi connectivity index (χ2v) is 6.72. The summed E-state index contributed by atoms with van der Waals surface area (Å²) in [5.74, 6) is 0.0141. The zero-order chi connectivity index (χ0) is 14.7. The van der Waals surface area contributed by atoms with Crippen LogP contribution in [0.3, 0.4) is 0 Å². The molecule has 1 aliphatic rings. The molecule has 0 aliphatic heterocycles. The number of fused-ring (bicyclic) bond motifs is 1. The predicted octanol–water partition coefficient (Wildman–Crippen LogP) is 2.65. The maximum atomic E-state index is 12.0. The number of aromatic nitrogens is 1. The average Bonchev–Trinajstić information content (AvgIpc) is 2.90. The summed E-state index contributed by atoms with van der Waals surface area (Å²) in [6, 6.07) is 7.95. The van der Waals surface area contributed by atoms with E-state index < -0.39 is 0 Å². The van der Waals surface area contributed by atoms with E-state index in [0.29, 0.717) is 12.8 Å². The van der Waals surface area contributed by atoms with Crippen LogP contribution in [0.15, 0.2) is 24.3 Å². The summed E-state index contributed by atoms with van der Waals surface area (Å²) in [6.07, 6.45) is 4.53. The molecule has 21 heavy (non-hydrogen) atoms. The van der Waals surface area contributed by atoms with Crippen molar-refractivity contribution in [2.24, 2.45) is 0 Å². The van der Waals surface area contributed by atoms with Crippen molar-refractivity contribution in [3.63, 3.8) is 0 Å². The van der Waals surface area contributed by atoms with Gasteiger partial charge in [-0.05, 0) is 25.0 Å². The number of aliphatic hydroxyl groups excluding tert-OH is 1. The monoisotopic (exact) mass is 304 g/mol. The molecule has 1 aliphatic carbocycles. The van der Waals surface area contributed by atoms with Crippen molar-refractivity contribution >= 4 is 27.5 Å². The third-order valence-electron chi connectivity index (χ3n) is 3.98. The summed E-state index contributed by atoms with van der Waals surface area (Å²) in [5, 5.41) is 13.8. The maximum Gasteiger partial charge on any atom is 0.220 e. The van der Waals surface area contributed by atoms with Gasteiger partial charge in [-0.25, -0.2) is 4.98 Å². The molecule has 0 radical (unpaired) electrons. The van der Waals surface area contributed by atoms with Crippen molar-refractivity contribution in [1.29, 1.82) is 0 Å². The zero-order valence-electron chi connectivity index (χ0n) is 11.9. The first-order valence-corrected chi connectivity index (χ1v) is 8.36. The number of nitrogens with one attached hydrogen (secondary N) is 1. The summed E-state index contributed by atoms with van der Waals surface area (Å²) in [5.41, 5.74) is 1.00. The number of nitrogens with zero attached hydrogens (tertiary/aromatic N) is 1. The van der Waals surface area contributed by atoms with Crippen LogP contribution in [0, 0.1) is 0 Å². The van der Waals surface area contributed by atoms with Crippen LogP contribution in [0.2, 0.25) is 0 Å². The molecule has 0 unspecified atom stereocenters. The number of hydrogen-bond donors (Lipinski definition) is 2. The Hall–Kier alpha value is -1.46. The maximum absolute atomic E-state index is 12.0. The Bertz CT molecular complexity index is 593. The van der Waals surface area contributed by atoms with E-state index in [1.807, 2.05) is 18.2 Å². The van der Waals surface area contributed by atoms with E-state index in [9.17, 15) is 9.90 Å². The quantitative estimate of drug-likeness (QED) is 0.913. The van der Waals surface area contributed by atoms with Crippen molar-refractivity contribution in [2.75, 3.05) is 0 Å². The molecule has 2 N–H and O–H groups in total. The van der Waals surface area contributed by atoms with E-state index in [2.05, 4.69) is 16.4 Å². The van der Waals surface area contributed by atoms with Gasteiger partial charge in [0.2, 0.25) is 5.91 Å². The van der Waals surface area contributed by atoms with Crippen molar-refractivity contribution in [3.8, 4) is 0 Å². The van der Waals surface area contributed by atoms with E-state index >= 15 is 0 Å². The molecule has 2 atom stereocenters. The van der Waals surface area contributed by atoms with Gasteiger partial charge in [-0.1, -0.05) is 25.0 Å². The highest BCUT2D eigenvalue weighted by Crippen LogP contribution is 2.22. The standard InChI is InChI=1S/C16H20N2O2S/c19-13-7-3-1-5-11(13)17-15(20)9-10-16-18-12-6-2-4-8-14(12)21-16/h2,4,6,8,11,13,19H,1,3,5,7,9-10H2,(H,17,20)/t11-,13-/m0/s1. The van der Waals surface area contributed by atoms with Gasteiger partial charge >= 0.3 is 0 Å². The van der Waals surface area contributed by atoms with E-state index in [4.69, 9.17) is 0 Å². The fourth-order valence-electron chi connectivity index (χ4n) is 2.81. The summed E-state index contributed by atoms with van der Waals surface area (Å²) in [7, 11) is 0.